The molecule has 25 heavy (non-hydrogen) atoms. The number of hydrogen-bond donors (Lipinski definition) is 1. The van der Waals surface area contributed by atoms with E-state index in [1.807, 2.05) is 11.4 Å². The molecule has 1 aliphatic rings. The van der Waals surface area contributed by atoms with Gasteiger partial charge in [0.25, 0.3) is 0 Å². The van der Waals surface area contributed by atoms with E-state index in [0.717, 1.165) is 29.1 Å². The van der Waals surface area contributed by atoms with Crippen molar-refractivity contribution in [3.8, 4) is 0 Å². The minimum Gasteiger partial charge on any atom is -0.352 e. The number of nitrogens with one attached hydrogen (secondary N) is 1. The van der Waals surface area contributed by atoms with E-state index in [2.05, 4.69) is 25.2 Å². The number of rotatable bonds is 2. The highest BCUT2D eigenvalue weighted by Gasteiger charge is 2.23. The molecule has 3 aromatic heterocycles. The molecule has 2 amide bonds. The van der Waals surface area contributed by atoms with Gasteiger partial charge in [-0.25, -0.2) is 19.7 Å². The number of carbonyl (C=O) groups is 1. The second-order valence-corrected chi connectivity index (χ2v) is 6.93. The van der Waals surface area contributed by atoms with Crippen LogP contribution in [0.4, 0.5) is 16.4 Å². The van der Waals surface area contributed by atoms with Crippen molar-refractivity contribution in [3.05, 3.63) is 41.1 Å². The molecule has 1 N–H and O–H groups in total. The second kappa shape index (κ2) is 6.81. The molecule has 0 aliphatic carbocycles. The smallest absolute Gasteiger partial charge is 0.323 e. The Morgan fingerprint density at radius 2 is 1.96 bits per heavy atom. The fourth-order valence-corrected chi connectivity index (χ4v) is 3.63. The molecule has 1 aliphatic heterocycles. The summed E-state index contributed by atoms with van der Waals surface area (Å²) >= 11 is 7.41. The zero-order valence-corrected chi connectivity index (χ0v) is 14.8. The van der Waals surface area contributed by atoms with Gasteiger partial charge in [-0.3, -0.25) is 5.32 Å². The van der Waals surface area contributed by atoms with Crippen molar-refractivity contribution in [1.29, 1.82) is 0 Å². The van der Waals surface area contributed by atoms with E-state index in [9.17, 15) is 4.79 Å². The third-order valence-electron chi connectivity index (χ3n) is 4.07. The fourth-order valence-electron chi connectivity index (χ4n) is 2.79. The van der Waals surface area contributed by atoms with Crippen LogP contribution in [0.1, 0.15) is 0 Å². The van der Waals surface area contributed by atoms with Crippen molar-refractivity contribution in [1.82, 2.24) is 19.9 Å². The maximum Gasteiger partial charge on any atom is 0.323 e. The molecular weight excluding hydrogens is 360 g/mol. The van der Waals surface area contributed by atoms with Gasteiger partial charge in [0.15, 0.2) is 0 Å². The first-order chi connectivity index (χ1) is 12.2. The van der Waals surface area contributed by atoms with Crippen LogP contribution in [0, 0.1) is 0 Å². The number of hydrogen-bond acceptors (Lipinski definition) is 6. The molecule has 4 heterocycles. The number of piperazine rings is 1. The number of anilines is 2. The van der Waals surface area contributed by atoms with Gasteiger partial charge in [-0.05, 0) is 23.6 Å². The summed E-state index contributed by atoms with van der Waals surface area (Å²) in [7, 11) is 0. The van der Waals surface area contributed by atoms with E-state index >= 15 is 0 Å². The number of carbonyl (C=O) groups excluding carboxylic acids is 1. The minimum absolute atomic E-state index is 0.155. The lowest BCUT2D eigenvalue weighted by atomic mass is 10.3. The molecule has 4 rings (SSSR count). The SMILES string of the molecule is O=C(Nc1ccc(Cl)cn1)N1CCN(c2ncnc3sccc23)CC1. The Kier molecular flexibility index (Phi) is 4.37. The molecule has 7 nitrogen and oxygen atoms in total. The van der Waals surface area contributed by atoms with E-state index < -0.39 is 0 Å². The minimum atomic E-state index is -0.155. The topological polar surface area (TPSA) is 74.2 Å². The highest BCUT2D eigenvalue weighted by Crippen LogP contribution is 2.27. The molecule has 1 fully saturated rings. The molecule has 128 valence electrons. The quantitative estimate of drug-likeness (QED) is 0.746. The van der Waals surface area contributed by atoms with Gasteiger partial charge in [0.2, 0.25) is 0 Å². The fraction of sp³-hybridized carbons (Fsp3) is 0.250. The molecule has 3 aromatic rings. The Morgan fingerprint density at radius 3 is 2.72 bits per heavy atom. The number of amides is 2. The van der Waals surface area contributed by atoms with E-state index in [4.69, 9.17) is 11.6 Å². The van der Waals surface area contributed by atoms with Gasteiger partial charge in [-0.2, -0.15) is 0 Å². The predicted molar refractivity (Wildman–Crippen MR) is 99.5 cm³/mol. The van der Waals surface area contributed by atoms with Gasteiger partial charge >= 0.3 is 6.03 Å². The van der Waals surface area contributed by atoms with Crippen LogP contribution in [0.15, 0.2) is 36.1 Å². The van der Waals surface area contributed by atoms with E-state index in [1.165, 1.54) is 6.20 Å². The van der Waals surface area contributed by atoms with Crippen LogP contribution in [-0.2, 0) is 0 Å². The van der Waals surface area contributed by atoms with Crippen molar-refractivity contribution >= 4 is 50.8 Å². The molecule has 1 saturated heterocycles. The standard InChI is InChI=1S/C16H15ClN6OS/c17-11-1-2-13(18-9-11)21-16(24)23-6-4-22(5-7-23)14-12-3-8-25-15(12)20-10-19-14/h1-3,8-10H,4-7H2,(H,18,21,24). The highest BCUT2D eigenvalue weighted by molar-refractivity contribution is 7.16. The van der Waals surface area contributed by atoms with Crippen molar-refractivity contribution in [2.75, 3.05) is 36.4 Å². The van der Waals surface area contributed by atoms with Gasteiger partial charge < -0.3 is 9.80 Å². The predicted octanol–water partition coefficient (Wildman–Crippen LogP) is 3.09. The Morgan fingerprint density at radius 1 is 1.12 bits per heavy atom. The third kappa shape index (κ3) is 3.35. The summed E-state index contributed by atoms with van der Waals surface area (Å²) in [6, 6.07) is 5.27. The first-order valence-corrected chi connectivity index (χ1v) is 9.07. The Bertz CT molecular complexity index is 891. The highest BCUT2D eigenvalue weighted by atomic mass is 35.5. The molecule has 0 spiro atoms. The molecule has 0 bridgehead atoms. The Hall–Kier alpha value is -2.45. The monoisotopic (exact) mass is 374 g/mol. The van der Waals surface area contributed by atoms with Gasteiger partial charge in [0.1, 0.15) is 22.8 Å². The van der Waals surface area contributed by atoms with Crippen LogP contribution >= 0.6 is 22.9 Å². The summed E-state index contributed by atoms with van der Waals surface area (Å²) in [4.78, 5) is 30.1. The lowest BCUT2D eigenvalue weighted by molar-refractivity contribution is 0.208. The third-order valence-corrected chi connectivity index (χ3v) is 5.11. The van der Waals surface area contributed by atoms with Crippen LogP contribution in [0.25, 0.3) is 10.2 Å². The van der Waals surface area contributed by atoms with Gasteiger partial charge in [-0.1, -0.05) is 11.6 Å². The Balaban J connectivity index is 1.40. The number of pyridine rings is 1. The number of nitrogens with zero attached hydrogens (tertiary/aromatic N) is 5. The number of fused-ring (bicyclic) bond motifs is 1. The summed E-state index contributed by atoms with van der Waals surface area (Å²) in [5, 5.41) is 6.42. The first kappa shape index (κ1) is 16.0. The molecular formula is C16H15ClN6OS. The van der Waals surface area contributed by atoms with Crippen molar-refractivity contribution < 1.29 is 4.79 Å². The lowest BCUT2D eigenvalue weighted by Gasteiger charge is -2.35. The molecule has 0 atom stereocenters. The zero-order chi connectivity index (χ0) is 17.2. The average molecular weight is 375 g/mol. The number of thiophene rings is 1. The van der Waals surface area contributed by atoms with E-state index in [0.29, 0.717) is 23.9 Å². The first-order valence-electron chi connectivity index (χ1n) is 7.81. The van der Waals surface area contributed by atoms with Crippen LogP contribution in [-0.4, -0.2) is 52.1 Å². The van der Waals surface area contributed by atoms with Gasteiger partial charge in [0.05, 0.1) is 10.4 Å². The maximum atomic E-state index is 12.4. The van der Waals surface area contributed by atoms with Crippen molar-refractivity contribution in [2.45, 2.75) is 0 Å². The normalized spacial score (nSPS) is 14.8. The van der Waals surface area contributed by atoms with Crippen LogP contribution in [0.3, 0.4) is 0 Å². The van der Waals surface area contributed by atoms with Crippen molar-refractivity contribution in [2.24, 2.45) is 0 Å². The molecule has 0 unspecified atom stereocenters. The summed E-state index contributed by atoms with van der Waals surface area (Å²) < 4.78 is 0. The number of halogens is 1. The van der Waals surface area contributed by atoms with Gasteiger partial charge in [-0.15, -0.1) is 11.3 Å². The number of urea groups is 1. The summed E-state index contributed by atoms with van der Waals surface area (Å²) in [6.45, 7) is 2.69. The average Bonchev–Trinajstić information content (AvgIpc) is 3.12. The van der Waals surface area contributed by atoms with Crippen LogP contribution in [0.5, 0.6) is 0 Å². The maximum absolute atomic E-state index is 12.4. The molecule has 0 aromatic carbocycles. The summed E-state index contributed by atoms with van der Waals surface area (Å²) in [5.74, 6) is 1.43. The van der Waals surface area contributed by atoms with Gasteiger partial charge in [0, 0.05) is 32.4 Å². The Labute approximate surface area is 153 Å². The van der Waals surface area contributed by atoms with Crippen molar-refractivity contribution in [3.63, 3.8) is 0 Å². The second-order valence-electron chi connectivity index (χ2n) is 5.60. The molecule has 0 radical (unpaired) electrons. The summed E-state index contributed by atoms with van der Waals surface area (Å²) in [6.07, 6.45) is 3.11. The largest absolute Gasteiger partial charge is 0.352 e. The van der Waals surface area contributed by atoms with E-state index in [1.54, 1.807) is 34.7 Å². The molecule has 9 heteroatoms. The number of aromatic nitrogens is 3. The lowest BCUT2D eigenvalue weighted by Crippen LogP contribution is -2.50. The van der Waals surface area contributed by atoms with Crippen LogP contribution in [0.2, 0.25) is 5.02 Å². The summed E-state index contributed by atoms with van der Waals surface area (Å²) in [5.41, 5.74) is 0. The zero-order valence-electron chi connectivity index (χ0n) is 13.2. The molecule has 0 saturated carbocycles. The van der Waals surface area contributed by atoms with Crippen LogP contribution < -0.4 is 10.2 Å². The van der Waals surface area contributed by atoms with E-state index in [-0.39, 0.29) is 6.03 Å².